The van der Waals surface area contributed by atoms with E-state index < -0.39 is 0 Å². The fourth-order valence-electron chi connectivity index (χ4n) is 2.22. The molecule has 0 radical (unpaired) electrons. The summed E-state index contributed by atoms with van der Waals surface area (Å²) in [5.41, 5.74) is 0.910. The first-order chi connectivity index (χ1) is 8.67. The summed E-state index contributed by atoms with van der Waals surface area (Å²) >= 11 is 3.45. The van der Waals surface area contributed by atoms with Gasteiger partial charge in [-0.1, -0.05) is 0 Å². The van der Waals surface area contributed by atoms with Crippen molar-refractivity contribution in [2.75, 3.05) is 25.6 Å². The number of likely N-dealkylation sites (N-methyl/N-ethyl adjacent to an activating group) is 1. The van der Waals surface area contributed by atoms with Crippen LogP contribution in [-0.4, -0.2) is 32.7 Å². The number of hydrogen-bond donors (Lipinski definition) is 1. The Morgan fingerprint density at radius 1 is 1.50 bits per heavy atom. The molecule has 0 saturated carbocycles. The average Bonchev–Trinajstić information content (AvgIpc) is 2.39. The van der Waals surface area contributed by atoms with E-state index in [2.05, 4.69) is 21.2 Å². The fraction of sp³-hybridized carbons (Fsp3) is 0.462. The third-order valence-corrected chi connectivity index (χ3v) is 3.85. The highest BCUT2D eigenvalue weighted by molar-refractivity contribution is 9.10. The lowest BCUT2D eigenvalue weighted by Crippen LogP contribution is -2.49. The minimum Gasteiger partial charge on any atom is -0.496 e. The molecule has 0 aliphatic carbocycles. The van der Waals surface area contributed by atoms with Crippen molar-refractivity contribution >= 4 is 27.5 Å². The summed E-state index contributed by atoms with van der Waals surface area (Å²) in [4.78, 5) is 14.1. The number of halogens is 1. The average molecular weight is 313 g/mol. The highest BCUT2D eigenvalue weighted by atomic mass is 79.9. The molecule has 1 N–H and O–H groups in total. The van der Waals surface area contributed by atoms with Gasteiger partial charge in [0.1, 0.15) is 5.75 Å². The molecule has 1 fully saturated rings. The normalized spacial score (nSPS) is 20.1. The third-order valence-electron chi connectivity index (χ3n) is 3.23. The SMILES string of the molecule is CNC1CCCN(c2ccc(OC)c(Br)c2)C1=O. The number of piperidine rings is 1. The van der Waals surface area contributed by atoms with Gasteiger partial charge in [-0.3, -0.25) is 4.79 Å². The quantitative estimate of drug-likeness (QED) is 0.930. The summed E-state index contributed by atoms with van der Waals surface area (Å²) < 4.78 is 6.06. The van der Waals surface area contributed by atoms with Crippen LogP contribution in [0.5, 0.6) is 5.75 Å². The second kappa shape index (κ2) is 5.71. The first-order valence-corrected chi connectivity index (χ1v) is 6.79. The molecule has 1 heterocycles. The first kappa shape index (κ1) is 13.4. The van der Waals surface area contributed by atoms with Crippen LogP contribution in [0.2, 0.25) is 0 Å². The van der Waals surface area contributed by atoms with Crippen LogP contribution in [0.15, 0.2) is 22.7 Å². The molecule has 1 aromatic rings. The van der Waals surface area contributed by atoms with Gasteiger partial charge in [0.05, 0.1) is 17.6 Å². The molecule has 0 spiro atoms. The third kappa shape index (κ3) is 2.52. The van der Waals surface area contributed by atoms with Gasteiger partial charge in [0.25, 0.3) is 0 Å². The van der Waals surface area contributed by atoms with E-state index in [9.17, 15) is 4.79 Å². The van der Waals surface area contributed by atoms with Crippen molar-refractivity contribution in [1.29, 1.82) is 0 Å². The molecule has 2 rings (SSSR count). The Bertz CT molecular complexity index is 451. The lowest BCUT2D eigenvalue weighted by Gasteiger charge is -2.32. The van der Waals surface area contributed by atoms with E-state index in [4.69, 9.17) is 4.74 Å². The smallest absolute Gasteiger partial charge is 0.244 e. The molecule has 1 atom stereocenters. The minimum atomic E-state index is -0.0698. The van der Waals surface area contributed by atoms with Crippen molar-refractivity contribution in [3.8, 4) is 5.75 Å². The topological polar surface area (TPSA) is 41.6 Å². The van der Waals surface area contributed by atoms with Crippen LogP contribution >= 0.6 is 15.9 Å². The van der Waals surface area contributed by atoms with Gasteiger partial charge >= 0.3 is 0 Å². The van der Waals surface area contributed by atoms with Gasteiger partial charge in [0.2, 0.25) is 5.91 Å². The van der Waals surface area contributed by atoms with Crippen LogP contribution in [0.1, 0.15) is 12.8 Å². The lowest BCUT2D eigenvalue weighted by atomic mass is 10.0. The lowest BCUT2D eigenvalue weighted by molar-refractivity contribution is -0.121. The van der Waals surface area contributed by atoms with E-state index in [1.165, 1.54) is 0 Å². The Kier molecular flexibility index (Phi) is 4.24. The standard InChI is InChI=1S/C13H17BrN2O2/c1-15-11-4-3-7-16(13(11)17)9-5-6-12(18-2)10(14)8-9/h5-6,8,11,15H,3-4,7H2,1-2H3. The van der Waals surface area contributed by atoms with Crippen LogP contribution in [0.25, 0.3) is 0 Å². The van der Waals surface area contributed by atoms with Crippen LogP contribution in [0.3, 0.4) is 0 Å². The molecule has 0 bridgehead atoms. The largest absolute Gasteiger partial charge is 0.496 e. The summed E-state index contributed by atoms with van der Waals surface area (Å²) in [7, 11) is 3.46. The number of amides is 1. The van der Waals surface area contributed by atoms with Crippen molar-refractivity contribution in [1.82, 2.24) is 5.32 Å². The zero-order valence-electron chi connectivity index (χ0n) is 10.6. The number of ether oxygens (including phenoxy) is 1. The van der Waals surface area contributed by atoms with Gasteiger partial charge in [-0.05, 0) is 54.0 Å². The second-order valence-electron chi connectivity index (χ2n) is 4.29. The molecule has 1 amide bonds. The number of nitrogens with one attached hydrogen (secondary N) is 1. The van der Waals surface area contributed by atoms with E-state index in [1.54, 1.807) is 7.11 Å². The molecule has 0 aromatic heterocycles. The second-order valence-corrected chi connectivity index (χ2v) is 5.15. The Morgan fingerprint density at radius 3 is 2.89 bits per heavy atom. The van der Waals surface area contributed by atoms with Gasteiger partial charge in [-0.15, -0.1) is 0 Å². The predicted octanol–water partition coefficient (Wildman–Crippen LogP) is 2.17. The van der Waals surface area contributed by atoms with Crippen LogP contribution in [-0.2, 0) is 4.79 Å². The van der Waals surface area contributed by atoms with E-state index in [0.29, 0.717) is 0 Å². The molecular formula is C13H17BrN2O2. The summed E-state index contributed by atoms with van der Waals surface area (Å²) in [6.45, 7) is 0.774. The number of carbonyl (C=O) groups is 1. The zero-order chi connectivity index (χ0) is 13.1. The highest BCUT2D eigenvalue weighted by Crippen LogP contribution is 2.31. The highest BCUT2D eigenvalue weighted by Gasteiger charge is 2.28. The number of benzene rings is 1. The van der Waals surface area contributed by atoms with Crippen LogP contribution < -0.4 is 15.0 Å². The van der Waals surface area contributed by atoms with Crippen molar-refractivity contribution < 1.29 is 9.53 Å². The van der Waals surface area contributed by atoms with Crippen molar-refractivity contribution in [3.63, 3.8) is 0 Å². The van der Waals surface area contributed by atoms with E-state index >= 15 is 0 Å². The molecule has 18 heavy (non-hydrogen) atoms. The van der Waals surface area contributed by atoms with Crippen molar-refractivity contribution in [2.45, 2.75) is 18.9 Å². The van der Waals surface area contributed by atoms with Crippen molar-refractivity contribution in [2.24, 2.45) is 0 Å². The number of carbonyl (C=O) groups excluding carboxylic acids is 1. The van der Waals surface area contributed by atoms with E-state index in [1.807, 2.05) is 30.1 Å². The Morgan fingerprint density at radius 2 is 2.28 bits per heavy atom. The predicted molar refractivity (Wildman–Crippen MR) is 75.1 cm³/mol. The fourth-order valence-corrected chi connectivity index (χ4v) is 2.75. The van der Waals surface area contributed by atoms with Gasteiger partial charge in [-0.2, -0.15) is 0 Å². The number of anilines is 1. The van der Waals surface area contributed by atoms with Gasteiger partial charge in [-0.25, -0.2) is 0 Å². The molecule has 1 aliphatic heterocycles. The summed E-state index contributed by atoms with van der Waals surface area (Å²) in [5, 5.41) is 3.06. The molecule has 98 valence electrons. The summed E-state index contributed by atoms with van der Waals surface area (Å²) in [6, 6.07) is 5.64. The minimum absolute atomic E-state index is 0.0698. The first-order valence-electron chi connectivity index (χ1n) is 5.99. The maximum absolute atomic E-state index is 12.2. The molecule has 1 aromatic carbocycles. The molecule has 1 unspecified atom stereocenters. The number of hydrogen-bond acceptors (Lipinski definition) is 3. The van der Waals surface area contributed by atoms with Gasteiger partial charge in [0.15, 0.2) is 0 Å². The Hall–Kier alpha value is -1.07. The van der Waals surface area contributed by atoms with E-state index in [0.717, 1.165) is 35.3 Å². The van der Waals surface area contributed by atoms with Crippen molar-refractivity contribution in [3.05, 3.63) is 22.7 Å². The monoisotopic (exact) mass is 312 g/mol. The molecule has 5 heteroatoms. The summed E-state index contributed by atoms with van der Waals surface area (Å²) in [6.07, 6.45) is 1.92. The number of methoxy groups -OCH3 is 1. The molecular weight excluding hydrogens is 296 g/mol. The molecule has 4 nitrogen and oxygen atoms in total. The summed E-state index contributed by atoms with van der Waals surface area (Å²) in [5.74, 6) is 0.911. The maximum Gasteiger partial charge on any atom is 0.244 e. The maximum atomic E-state index is 12.2. The van der Waals surface area contributed by atoms with E-state index in [-0.39, 0.29) is 11.9 Å². The number of rotatable bonds is 3. The zero-order valence-corrected chi connectivity index (χ0v) is 12.2. The Labute approximate surface area is 115 Å². The molecule has 1 aliphatic rings. The van der Waals surface area contributed by atoms with Crippen LogP contribution in [0.4, 0.5) is 5.69 Å². The Balaban J connectivity index is 2.25. The molecule has 1 saturated heterocycles. The van der Waals surface area contributed by atoms with Gasteiger partial charge in [0, 0.05) is 12.2 Å². The van der Waals surface area contributed by atoms with Gasteiger partial charge < -0.3 is 15.0 Å². The van der Waals surface area contributed by atoms with Crippen LogP contribution in [0, 0.1) is 0 Å². The number of nitrogens with zero attached hydrogens (tertiary/aromatic N) is 1.